The van der Waals surface area contributed by atoms with E-state index in [-0.39, 0.29) is 5.78 Å². The van der Waals surface area contributed by atoms with Gasteiger partial charge in [-0.15, -0.1) is 0 Å². The van der Waals surface area contributed by atoms with Crippen LogP contribution in [-0.2, 0) is 0 Å². The lowest BCUT2D eigenvalue weighted by Gasteiger charge is -2.05. The van der Waals surface area contributed by atoms with Gasteiger partial charge in [0.25, 0.3) is 0 Å². The van der Waals surface area contributed by atoms with E-state index in [1.165, 1.54) is 6.92 Å². The summed E-state index contributed by atoms with van der Waals surface area (Å²) in [5.74, 6) is 0.542. The van der Waals surface area contributed by atoms with Crippen LogP contribution in [0.15, 0.2) is 18.2 Å². The summed E-state index contributed by atoms with van der Waals surface area (Å²) in [4.78, 5) is 19.9. The number of benzene rings is 1. The topological polar surface area (TPSA) is 52.1 Å². The molecule has 1 aromatic heterocycles. The minimum Gasteiger partial charge on any atom is -0.480 e. The summed E-state index contributed by atoms with van der Waals surface area (Å²) in [5, 5.41) is 0. The zero-order chi connectivity index (χ0) is 11.7. The molecule has 1 heterocycles. The van der Waals surface area contributed by atoms with Crippen molar-refractivity contribution in [1.82, 2.24) is 9.97 Å². The Balaban J connectivity index is 2.66. The molecule has 0 atom stereocenters. The van der Waals surface area contributed by atoms with Crippen LogP contribution in [-0.4, -0.2) is 22.9 Å². The van der Waals surface area contributed by atoms with Gasteiger partial charge in [-0.1, -0.05) is 0 Å². The predicted molar refractivity (Wildman–Crippen MR) is 60.8 cm³/mol. The highest BCUT2D eigenvalue weighted by Crippen LogP contribution is 2.19. The molecule has 0 spiro atoms. The zero-order valence-corrected chi connectivity index (χ0v) is 9.44. The maximum Gasteiger partial charge on any atom is 0.235 e. The van der Waals surface area contributed by atoms with Crippen molar-refractivity contribution in [2.75, 3.05) is 7.11 Å². The first-order valence-corrected chi connectivity index (χ1v) is 4.95. The maximum absolute atomic E-state index is 11.2. The molecule has 2 rings (SSSR count). The second-order valence-corrected chi connectivity index (χ2v) is 3.58. The zero-order valence-electron chi connectivity index (χ0n) is 9.44. The Morgan fingerprint density at radius 1 is 1.25 bits per heavy atom. The van der Waals surface area contributed by atoms with Gasteiger partial charge in [0.1, 0.15) is 5.69 Å². The van der Waals surface area contributed by atoms with Gasteiger partial charge < -0.3 is 4.74 Å². The molecule has 0 aliphatic carbocycles. The van der Waals surface area contributed by atoms with E-state index in [2.05, 4.69) is 9.97 Å². The molecule has 0 amide bonds. The molecule has 4 nitrogen and oxygen atoms in total. The Morgan fingerprint density at radius 2 is 2.00 bits per heavy atom. The molecule has 0 N–H and O–H groups in total. The quantitative estimate of drug-likeness (QED) is 0.722. The fourth-order valence-electron chi connectivity index (χ4n) is 1.54. The van der Waals surface area contributed by atoms with E-state index in [0.717, 1.165) is 11.2 Å². The Labute approximate surface area is 93.3 Å². The fraction of sp³-hybridized carbons (Fsp3) is 0.250. The lowest BCUT2D eigenvalue weighted by molar-refractivity contribution is 0.101. The van der Waals surface area contributed by atoms with Gasteiger partial charge in [-0.25, -0.2) is 9.97 Å². The summed E-state index contributed by atoms with van der Waals surface area (Å²) in [6.45, 7) is 3.36. The molecule has 0 saturated heterocycles. The Kier molecular flexibility index (Phi) is 2.56. The molecule has 4 heteroatoms. The number of methoxy groups -OCH3 is 1. The van der Waals surface area contributed by atoms with Crippen LogP contribution in [0.3, 0.4) is 0 Å². The van der Waals surface area contributed by atoms with E-state index in [0.29, 0.717) is 17.0 Å². The van der Waals surface area contributed by atoms with Crippen molar-refractivity contribution in [3.8, 4) is 5.88 Å². The van der Waals surface area contributed by atoms with Gasteiger partial charge in [-0.3, -0.25) is 4.79 Å². The van der Waals surface area contributed by atoms with Gasteiger partial charge in [0.05, 0.1) is 18.1 Å². The lowest BCUT2D eigenvalue weighted by atomic mass is 10.1. The van der Waals surface area contributed by atoms with Gasteiger partial charge in [-0.2, -0.15) is 0 Å². The number of aromatic nitrogens is 2. The number of ether oxygens (including phenoxy) is 1. The van der Waals surface area contributed by atoms with Crippen molar-refractivity contribution in [2.24, 2.45) is 0 Å². The molecule has 0 bridgehead atoms. The van der Waals surface area contributed by atoms with Crippen LogP contribution in [0.2, 0.25) is 0 Å². The number of Topliss-reactive ketones (excluding diaryl/α,β-unsaturated/α-hetero) is 1. The van der Waals surface area contributed by atoms with Crippen molar-refractivity contribution in [1.29, 1.82) is 0 Å². The van der Waals surface area contributed by atoms with Gasteiger partial charge in [0.15, 0.2) is 5.78 Å². The molecule has 0 radical (unpaired) electrons. The fourth-order valence-corrected chi connectivity index (χ4v) is 1.54. The number of rotatable bonds is 2. The highest BCUT2D eigenvalue weighted by atomic mass is 16.5. The number of carbonyl (C=O) groups excluding carboxylic acids is 1. The third-order valence-corrected chi connectivity index (χ3v) is 2.39. The SMILES string of the molecule is COc1nc2ccc(C(C)=O)cc2nc1C. The minimum atomic E-state index is 0.0252. The van der Waals surface area contributed by atoms with Crippen LogP contribution < -0.4 is 4.74 Å². The van der Waals surface area contributed by atoms with Gasteiger partial charge >= 0.3 is 0 Å². The Hall–Kier alpha value is -1.97. The first-order valence-electron chi connectivity index (χ1n) is 4.95. The maximum atomic E-state index is 11.2. The van der Waals surface area contributed by atoms with Crippen LogP contribution >= 0.6 is 0 Å². The van der Waals surface area contributed by atoms with Crippen LogP contribution in [0.25, 0.3) is 11.0 Å². The first kappa shape index (κ1) is 10.5. The third-order valence-electron chi connectivity index (χ3n) is 2.39. The summed E-state index contributed by atoms with van der Waals surface area (Å²) < 4.78 is 5.09. The largest absolute Gasteiger partial charge is 0.480 e. The van der Waals surface area contributed by atoms with Crippen LogP contribution in [0.5, 0.6) is 5.88 Å². The van der Waals surface area contributed by atoms with Crippen molar-refractivity contribution in [2.45, 2.75) is 13.8 Å². The Bertz CT molecular complexity index is 564. The monoisotopic (exact) mass is 216 g/mol. The first-order chi connectivity index (χ1) is 7.61. The minimum absolute atomic E-state index is 0.0252. The molecule has 0 unspecified atom stereocenters. The van der Waals surface area contributed by atoms with Gasteiger partial charge in [0, 0.05) is 5.56 Å². The number of hydrogen-bond acceptors (Lipinski definition) is 4. The average Bonchev–Trinajstić information content (AvgIpc) is 2.27. The van der Waals surface area contributed by atoms with E-state index < -0.39 is 0 Å². The van der Waals surface area contributed by atoms with Crippen molar-refractivity contribution in [3.05, 3.63) is 29.5 Å². The van der Waals surface area contributed by atoms with Gasteiger partial charge in [-0.05, 0) is 32.0 Å². The summed E-state index contributed by atoms with van der Waals surface area (Å²) in [5.41, 5.74) is 2.81. The number of aryl methyl sites for hydroxylation is 1. The van der Waals surface area contributed by atoms with Crippen LogP contribution in [0, 0.1) is 6.92 Å². The van der Waals surface area contributed by atoms with Crippen molar-refractivity contribution >= 4 is 16.8 Å². The molecule has 2 aromatic rings. The summed E-state index contributed by atoms with van der Waals surface area (Å²) in [7, 11) is 1.56. The van der Waals surface area contributed by atoms with Crippen LogP contribution in [0.1, 0.15) is 23.0 Å². The van der Waals surface area contributed by atoms with E-state index in [9.17, 15) is 4.79 Å². The smallest absolute Gasteiger partial charge is 0.235 e. The number of carbonyl (C=O) groups is 1. The number of ketones is 1. The Morgan fingerprint density at radius 3 is 2.62 bits per heavy atom. The number of nitrogens with zero attached hydrogens (tertiary/aromatic N) is 2. The summed E-state index contributed by atoms with van der Waals surface area (Å²) in [6.07, 6.45) is 0. The summed E-state index contributed by atoms with van der Waals surface area (Å²) in [6, 6.07) is 5.27. The van der Waals surface area contributed by atoms with E-state index in [1.54, 1.807) is 25.3 Å². The van der Waals surface area contributed by atoms with E-state index in [4.69, 9.17) is 4.74 Å². The molecule has 16 heavy (non-hydrogen) atoms. The molecule has 82 valence electrons. The predicted octanol–water partition coefficient (Wildman–Crippen LogP) is 2.15. The van der Waals surface area contributed by atoms with Crippen LogP contribution in [0.4, 0.5) is 0 Å². The second-order valence-electron chi connectivity index (χ2n) is 3.58. The molecular weight excluding hydrogens is 204 g/mol. The molecule has 0 aliphatic rings. The number of hydrogen-bond donors (Lipinski definition) is 0. The van der Waals surface area contributed by atoms with E-state index >= 15 is 0 Å². The lowest BCUT2D eigenvalue weighted by Crippen LogP contribution is -1.97. The summed E-state index contributed by atoms with van der Waals surface area (Å²) >= 11 is 0. The molecular formula is C12H12N2O2. The number of fused-ring (bicyclic) bond motifs is 1. The molecule has 0 saturated carbocycles. The molecule has 0 aliphatic heterocycles. The van der Waals surface area contributed by atoms with E-state index in [1.807, 2.05) is 6.92 Å². The molecule has 0 fully saturated rings. The normalized spacial score (nSPS) is 10.4. The molecule has 1 aromatic carbocycles. The standard InChI is InChI=1S/C12H12N2O2/c1-7-12(16-3)14-10-5-4-9(8(2)15)6-11(10)13-7/h4-6H,1-3H3. The average molecular weight is 216 g/mol. The highest BCUT2D eigenvalue weighted by Gasteiger charge is 2.07. The van der Waals surface area contributed by atoms with Gasteiger partial charge in [0.2, 0.25) is 5.88 Å². The van der Waals surface area contributed by atoms with Crippen molar-refractivity contribution < 1.29 is 9.53 Å². The second kappa shape index (κ2) is 3.89. The highest BCUT2D eigenvalue weighted by molar-refractivity contribution is 5.97. The third kappa shape index (κ3) is 1.74. The van der Waals surface area contributed by atoms with Crippen molar-refractivity contribution in [3.63, 3.8) is 0 Å².